The molecule has 0 spiro atoms. The van der Waals surface area contributed by atoms with E-state index < -0.39 is 28.5 Å². The Hall–Kier alpha value is -3.17. The van der Waals surface area contributed by atoms with E-state index in [9.17, 15) is 18.0 Å². The number of hydrogen-bond donors (Lipinski definition) is 1. The van der Waals surface area contributed by atoms with E-state index in [0.717, 1.165) is 41.1 Å². The van der Waals surface area contributed by atoms with Gasteiger partial charge in [0.25, 0.3) is 10.0 Å². The van der Waals surface area contributed by atoms with Crippen LogP contribution in [0.1, 0.15) is 50.2 Å². The molecule has 9 heteroatoms. The van der Waals surface area contributed by atoms with E-state index in [1.807, 2.05) is 38.1 Å². The van der Waals surface area contributed by atoms with Gasteiger partial charge in [-0.15, -0.1) is 0 Å². The molecule has 0 unspecified atom stereocenters. The number of benzene rings is 3. The third-order valence-electron chi connectivity index (χ3n) is 7.23. The van der Waals surface area contributed by atoms with Crippen LogP contribution in [-0.2, 0) is 26.2 Å². The lowest BCUT2D eigenvalue weighted by Crippen LogP contribution is -2.53. The molecule has 7 nitrogen and oxygen atoms in total. The molecular formula is C31H36BrN3O4S. The van der Waals surface area contributed by atoms with Crippen LogP contribution in [0.5, 0.6) is 0 Å². The highest BCUT2D eigenvalue weighted by molar-refractivity contribution is 9.10. The van der Waals surface area contributed by atoms with Crippen molar-refractivity contribution in [2.75, 3.05) is 10.8 Å². The topological polar surface area (TPSA) is 86.8 Å². The van der Waals surface area contributed by atoms with E-state index in [0.29, 0.717) is 16.6 Å². The van der Waals surface area contributed by atoms with Crippen LogP contribution in [0.15, 0.2) is 88.2 Å². The number of nitrogens with one attached hydrogen (secondary N) is 1. The maximum atomic E-state index is 14.1. The van der Waals surface area contributed by atoms with Gasteiger partial charge in [0.15, 0.2) is 0 Å². The molecular weight excluding hydrogens is 590 g/mol. The molecule has 1 aliphatic carbocycles. The van der Waals surface area contributed by atoms with Crippen LogP contribution in [0.25, 0.3) is 0 Å². The first-order chi connectivity index (χ1) is 19.2. The molecule has 2 amide bonds. The van der Waals surface area contributed by atoms with Crippen molar-refractivity contribution < 1.29 is 18.0 Å². The van der Waals surface area contributed by atoms with Crippen molar-refractivity contribution in [3.63, 3.8) is 0 Å². The lowest BCUT2D eigenvalue weighted by atomic mass is 10.1. The minimum Gasteiger partial charge on any atom is -0.352 e. The Labute approximate surface area is 245 Å². The molecule has 212 valence electrons. The van der Waals surface area contributed by atoms with Gasteiger partial charge in [-0.1, -0.05) is 89.8 Å². The third kappa shape index (κ3) is 7.31. The normalized spacial score (nSPS) is 14.5. The summed E-state index contributed by atoms with van der Waals surface area (Å²) >= 11 is 3.42. The standard InChI is InChI=1S/C31H36BrN3O4S/c1-3-29(31(37)33-26-14-7-8-15-26)34(21-24-12-9-11-23(2)19-24)30(36)22-35(27-16-10-13-25(32)20-27)40(38,39)28-17-5-4-6-18-28/h4-6,9-13,16-20,26,29H,3,7-8,14-15,21-22H2,1-2H3,(H,33,37)/t29-/m1/s1. The minimum absolute atomic E-state index is 0.0824. The molecule has 3 aromatic rings. The molecule has 0 aliphatic heterocycles. The van der Waals surface area contributed by atoms with Gasteiger partial charge in [-0.05, 0) is 62.1 Å². The summed E-state index contributed by atoms with van der Waals surface area (Å²) < 4.78 is 29.5. The second-order valence-electron chi connectivity index (χ2n) is 10.2. The number of aryl methyl sites for hydroxylation is 1. The molecule has 1 aliphatic rings. The number of amides is 2. The van der Waals surface area contributed by atoms with Crippen molar-refractivity contribution in [1.82, 2.24) is 10.2 Å². The van der Waals surface area contributed by atoms with E-state index in [-0.39, 0.29) is 23.4 Å². The van der Waals surface area contributed by atoms with Crippen molar-refractivity contribution in [2.24, 2.45) is 0 Å². The number of anilines is 1. The Kier molecular flexibility index (Phi) is 10.0. The quantitative estimate of drug-likeness (QED) is 0.291. The maximum Gasteiger partial charge on any atom is 0.264 e. The molecule has 0 heterocycles. The van der Waals surface area contributed by atoms with Crippen LogP contribution in [0.4, 0.5) is 5.69 Å². The van der Waals surface area contributed by atoms with Crippen LogP contribution in [0, 0.1) is 6.92 Å². The predicted octanol–water partition coefficient (Wildman–Crippen LogP) is 5.82. The van der Waals surface area contributed by atoms with E-state index >= 15 is 0 Å². The first kappa shape index (κ1) is 29.8. The molecule has 4 rings (SSSR count). The van der Waals surface area contributed by atoms with Gasteiger partial charge in [0.05, 0.1) is 10.6 Å². The Balaban J connectivity index is 1.71. The van der Waals surface area contributed by atoms with Crippen LogP contribution in [0.3, 0.4) is 0 Å². The highest BCUT2D eigenvalue weighted by atomic mass is 79.9. The van der Waals surface area contributed by atoms with Crippen LogP contribution < -0.4 is 9.62 Å². The van der Waals surface area contributed by atoms with Gasteiger partial charge in [0.2, 0.25) is 11.8 Å². The Morgan fingerprint density at radius 2 is 1.68 bits per heavy atom. The van der Waals surface area contributed by atoms with Crippen molar-refractivity contribution in [1.29, 1.82) is 0 Å². The average molecular weight is 627 g/mol. The first-order valence-corrected chi connectivity index (χ1v) is 15.9. The molecule has 40 heavy (non-hydrogen) atoms. The molecule has 1 saturated carbocycles. The number of hydrogen-bond acceptors (Lipinski definition) is 4. The predicted molar refractivity (Wildman–Crippen MR) is 161 cm³/mol. The van der Waals surface area contributed by atoms with Crippen molar-refractivity contribution >= 4 is 43.5 Å². The Bertz CT molecular complexity index is 1430. The third-order valence-corrected chi connectivity index (χ3v) is 9.51. The van der Waals surface area contributed by atoms with Gasteiger partial charge in [0.1, 0.15) is 12.6 Å². The lowest BCUT2D eigenvalue weighted by Gasteiger charge is -2.34. The fraction of sp³-hybridized carbons (Fsp3) is 0.355. The summed E-state index contributed by atoms with van der Waals surface area (Å²) in [7, 11) is -4.09. The Morgan fingerprint density at radius 3 is 2.33 bits per heavy atom. The van der Waals surface area contributed by atoms with E-state index in [1.165, 1.54) is 17.0 Å². The maximum absolute atomic E-state index is 14.1. The number of carbonyl (C=O) groups is 2. The van der Waals surface area contributed by atoms with Crippen LogP contribution in [0.2, 0.25) is 0 Å². The molecule has 1 fully saturated rings. The second-order valence-corrected chi connectivity index (χ2v) is 13.0. The van der Waals surface area contributed by atoms with Gasteiger partial charge < -0.3 is 10.2 Å². The molecule has 0 aromatic heterocycles. The summed E-state index contributed by atoms with van der Waals surface area (Å²) in [4.78, 5) is 29.3. The minimum atomic E-state index is -4.09. The summed E-state index contributed by atoms with van der Waals surface area (Å²) in [6, 6.07) is 22.1. The largest absolute Gasteiger partial charge is 0.352 e. The number of carbonyl (C=O) groups excluding carboxylic acids is 2. The van der Waals surface area contributed by atoms with Gasteiger partial charge in [-0.2, -0.15) is 0 Å². The fourth-order valence-corrected chi connectivity index (χ4v) is 6.99. The van der Waals surface area contributed by atoms with Crippen LogP contribution >= 0.6 is 15.9 Å². The average Bonchev–Trinajstić information content (AvgIpc) is 3.45. The molecule has 0 saturated heterocycles. The number of nitrogens with zero attached hydrogens (tertiary/aromatic N) is 2. The van der Waals surface area contributed by atoms with Gasteiger partial charge in [-0.25, -0.2) is 8.42 Å². The van der Waals surface area contributed by atoms with Crippen molar-refractivity contribution in [3.05, 3.63) is 94.5 Å². The van der Waals surface area contributed by atoms with E-state index in [2.05, 4.69) is 21.2 Å². The van der Waals surface area contributed by atoms with Crippen LogP contribution in [-0.4, -0.2) is 43.8 Å². The van der Waals surface area contributed by atoms with Crippen molar-refractivity contribution in [3.8, 4) is 0 Å². The highest BCUT2D eigenvalue weighted by Crippen LogP contribution is 2.27. The molecule has 1 N–H and O–H groups in total. The van der Waals surface area contributed by atoms with E-state index in [1.54, 1.807) is 42.5 Å². The second kappa shape index (κ2) is 13.5. The monoisotopic (exact) mass is 625 g/mol. The number of halogens is 1. The summed E-state index contributed by atoms with van der Waals surface area (Å²) in [5, 5.41) is 3.14. The number of sulfonamides is 1. The Morgan fingerprint density at radius 1 is 0.975 bits per heavy atom. The highest BCUT2D eigenvalue weighted by Gasteiger charge is 2.34. The first-order valence-electron chi connectivity index (χ1n) is 13.7. The molecule has 1 atom stereocenters. The smallest absolute Gasteiger partial charge is 0.264 e. The SMILES string of the molecule is CC[C@H](C(=O)NC1CCCC1)N(Cc1cccc(C)c1)C(=O)CN(c1cccc(Br)c1)S(=O)(=O)c1ccccc1. The fourth-order valence-electron chi connectivity index (χ4n) is 5.17. The molecule has 0 bridgehead atoms. The van der Waals surface area contributed by atoms with Crippen molar-refractivity contribution in [2.45, 2.75) is 69.5 Å². The summed E-state index contributed by atoms with van der Waals surface area (Å²) in [6.45, 7) is 3.59. The van der Waals surface area contributed by atoms with Gasteiger partial charge >= 0.3 is 0 Å². The molecule has 0 radical (unpaired) electrons. The van der Waals surface area contributed by atoms with Gasteiger partial charge in [0, 0.05) is 17.1 Å². The zero-order valence-corrected chi connectivity index (χ0v) is 25.3. The number of rotatable bonds is 11. The zero-order valence-electron chi connectivity index (χ0n) is 22.9. The molecule has 3 aromatic carbocycles. The lowest BCUT2D eigenvalue weighted by molar-refractivity contribution is -0.140. The zero-order chi connectivity index (χ0) is 28.7. The van der Waals surface area contributed by atoms with E-state index in [4.69, 9.17) is 0 Å². The summed E-state index contributed by atoms with van der Waals surface area (Å²) in [6.07, 6.45) is 4.41. The van der Waals surface area contributed by atoms with Gasteiger partial charge in [-0.3, -0.25) is 13.9 Å². The summed E-state index contributed by atoms with van der Waals surface area (Å²) in [5.41, 5.74) is 2.27. The summed E-state index contributed by atoms with van der Waals surface area (Å²) in [5.74, 6) is -0.648.